The lowest BCUT2D eigenvalue weighted by molar-refractivity contribution is 0.0537. The van der Waals surface area contributed by atoms with Crippen LogP contribution in [0.15, 0.2) is 24.3 Å². The molecule has 1 aliphatic heterocycles. The van der Waals surface area contributed by atoms with Gasteiger partial charge in [-0.25, -0.2) is 0 Å². The third-order valence-electron chi connectivity index (χ3n) is 6.19. The highest BCUT2D eigenvalue weighted by atomic mass is 16.3. The number of hydrogen-bond acceptors (Lipinski definition) is 2. The Kier molecular flexibility index (Phi) is 3.45. The maximum Gasteiger partial charge on any atom is 0.115 e. The topological polar surface area (TPSA) is 23.5 Å². The smallest absolute Gasteiger partial charge is 0.115 e. The van der Waals surface area contributed by atoms with E-state index in [-0.39, 0.29) is 0 Å². The molecule has 2 atom stereocenters. The van der Waals surface area contributed by atoms with E-state index in [2.05, 4.69) is 11.0 Å². The van der Waals surface area contributed by atoms with Gasteiger partial charge in [-0.2, -0.15) is 0 Å². The third kappa shape index (κ3) is 2.59. The van der Waals surface area contributed by atoms with Gasteiger partial charge in [0.25, 0.3) is 0 Å². The first-order valence-electron chi connectivity index (χ1n) is 8.78. The molecule has 1 heterocycles. The molecule has 0 amide bonds. The second-order valence-electron chi connectivity index (χ2n) is 7.60. The Morgan fingerprint density at radius 1 is 1.14 bits per heavy atom. The highest BCUT2D eigenvalue weighted by Crippen LogP contribution is 2.49. The zero-order chi connectivity index (χ0) is 14.3. The first kappa shape index (κ1) is 13.6. The molecule has 1 saturated heterocycles. The summed E-state index contributed by atoms with van der Waals surface area (Å²) in [7, 11) is 0. The van der Waals surface area contributed by atoms with Crippen LogP contribution in [0.4, 0.5) is 0 Å². The van der Waals surface area contributed by atoms with Crippen molar-refractivity contribution in [2.24, 2.45) is 11.8 Å². The van der Waals surface area contributed by atoms with Crippen LogP contribution in [-0.2, 0) is 5.41 Å². The average Bonchev–Trinajstić information content (AvgIpc) is 3.31. The molecule has 0 bridgehead atoms. The lowest BCUT2D eigenvalue weighted by atomic mass is 9.59. The van der Waals surface area contributed by atoms with Gasteiger partial charge in [-0.05, 0) is 68.2 Å². The SMILES string of the molecule is Oc1cccc(C23CCCC[C@H]2CN(CC2CC2)CC3)c1. The molecule has 2 saturated carbocycles. The fraction of sp³-hybridized carbons (Fsp3) is 0.684. The molecule has 0 spiro atoms. The largest absolute Gasteiger partial charge is 0.508 e. The number of benzene rings is 1. The standard InChI is InChI=1S/C19H27NO/c21-18-6-3-5-16(12-18)19-9-2-1-4-17(19)14-20(11-10-19)13-15-7-8-15/h3,5-6,12,15,17,21H,1-2,4,7-11,13-14H2/t17-,19?/m0/s1. The second-order valence-corrected chi connectivity index (χ2v) is 7.60. The maximum absolute atomic E-state index is 9.90. The molecule has 21 heavy (non-hydrogen) atoms. The summed E-state index contributed by atoms with van der Waals surface area (Å²) < 4.78 is 0. The van der Waals surface area contributed by atoms with Crippen molar-refractivity contribution in [2.45, 2.75) is 50.4 Å². The van der Waals surface area contributed by atoms with E-state index in [1.807, 2.05) is 12.1 Å². The predicted molar refractivity (Wildman–Crippen MR) is 85.5 cm³/mol. The number of phenolic OH excluding ortho intramolecular Hbond substituents is 1. The fourth-order valence-electron chi connectivity index (χ4n) is 4.84. The monoisotopic (exact) mass is 285 g/mol. The molecule has 0 radical (unpaired) electrons. The number of rotatable bonds is 3. The molecule has 1 N–H and O–H groups in total. The van der Waals surface area contributed by atoms with Crippen LogP contribution in [0, 0.1) is 11.8 Å². The summed E-state index contributed by atoms with van der Waals surface area (Å²) in [5.41, 5.74) is 1.75. The number of likely N-dealkylation sites (tertiary alicyclic amines) is 1. The molecule has 1 unspecified atom stereocenters. The first-order valence-corrected chi connectivity index (χ1v) is 8.78. The van der Waals surface area contributed by atoms with Crippen LogP contribution in [-0.4, -0.2) is 29.6 Å². The zero-order valence-electron chi connectivity index (χ0n) is 12.9. The number of hydrogen-bond donors (Lipinski definition) is 1. The average molecular weight is 285 g/mol. The van der Waals surface area contributed by atoms with E-state index in [0.717, 1.165) is 11.8 Å². The van der Waals surface area contributed by atoms with Crippen LogP contribution in [0.2, 0.25) is 0 Å². The molecule has 2 nitrogen and oxygen atoms in total. The summed E-state index contributed by atoms with van der Waals surface area (Å²) >= 11 is 0. The van der Waals surface area contributed by atoms with E-state index in [1.165, 1.54) is 70.1 Å². The number of piperidine rings is 1. The van der Waals surface area contributed by atoms with Crippen LogP contribution < -0.4 is 0 Å². The molecule has 1 aromatic rings. The predicted octanol–water partition coefficient (Wildman–Crippen LogP) is 3.94. The van der Waals surface area contributed by atoms with Crippen molar-refractivity contribution in [3.63, 3.8) is 0 Å². The van der Waals surface area contributed by atoms with Crippen molar-refractivity contribution in [3.8, 4) is 5.75 Å². The fourth-order valence-corrected chi connectivity index (χ4v) is 4.84. The van der Waals surface area contributed by atoms with Crippen molar-refractivity contribution in [1.29, 1.82) is 0 Å². The molecule has 2 aliphatic carbocycles. The van der Waals surface area contributed by atoms with Gasteiger partial charge in [-0.3, -0.25) is 0 Å². The van der Waals surface area contributed by atoms with Crippen molar-refractivity contribution in [3.05, 3.63) is 29.8 Å². The number of aromatic hydroxyl groups is 1. The Bertz CT molecular complexity index is 510. The van der Waals surface area contributed by atoms with E-state index >= 15 is 0 Å². The second kappa shape index (κ2) is 5.31. The molecule has 114 valence electrons. The van der Waals surface area contributed by atoms with Gasteiger partial charge in [0.1, 0.15) is 5.75 Å². The normalized spacial score (nSPS) is 33.6. The quantitative estimate of drug-likeness (QED) is 0.909. The molecular formula is C19H27NO. The Balaban J connectivity index is 1.59. The molecule has 3 fully saturated rings. The summed E-state index contributed by atoms with van der Waals surface area (Å²) in [6, 6.07) is 8.13. The molecule has 2 heteroatoms. The van der Waals surface area contributed by atoms with Crippen molar-refractivity contribution in [1.82, 2.24) is 4.90 Å². The van der Waals surface area contributed by atoms with Gasteiger partial charge in [0.15, 0.2) is 0 Å². The maximum atomic E-state index is 9.90. The van der Waals surface area contributed by atoms with Gasteiger partial charge >= 0.3 is 0 Å². The summed E-state index contributed by atoms with van der Waals surface area (Å²) in [4.78, 5) is 2.73. The molecule has 0 aromatic heterocycles. The molecule has 1 aromatic carbocycles. The Labute approximate surface area is 128 Å². The minimum atomic E-state index is 0.344. The van der Waals surface area contributed by atoms with E-state index in [9.17, 15) is 5.11 Å². The van der Waals surface area contributed by atoms with Crippen molar-refractivity contribution < 1.29 is 5.11 Å². The van der Waals surface area contributed by atoms with Crippen molar-refractivity contribution in [2.75, 3.05) is 19.6 Å². The zero-order valence-corrected chi connectivity index (χ0v) is 12.9. The Hall–Kier alpha value is -1.02. The van der Waals surface area contributed by atoms with Gasteiger partial charge in [-0.15, -0.1) is 0 Å². The summed E-state index contributed by atoms with van der Waals surface area (Å²) in [6.45, 7) is 3.88. The van der Waals surface area contributed by atoms with Gasteiger partial charge in [0, 0.05) is 18.5 Å². The third-order valence-corrected chi connectivity index (χ3v) is 6.19. The van der Waals surface area contributed by atoms with Crippen LogP contribution in [0.25, 0.3) is 0 Å². The van der Waals surface area contributed by atoms with E-state index in [1.54, 1.807) is 6.07 Å². The van der Waals surface area contributed by atoms with Crippen LogP contribution in [0.3, 0.4) is 0 Å². The van der Waals surface area contributed by atoms with Gasteiger partial charge in [-0.1, -0.05) is 25.0 Å². The van der Waals surface area contributed by atoms with Crippen LogP contribution in [0.1, 0.15) is 50.5 Å². The first-order chi connectivity index (χ1) is 10.3. The number of phenols is 1. The molecule has 3 aliphatic rings. The van der Waals surface area contributed by atoms with Crippen LogP contribution in [0.5, 0.6) is 5.75 Å². The van der Waals surface area contributed by atoms with Crippen LogP contribution >= 0.6 is 0 Å². The van der Waals surface area contributed by atoms with Gasteiger partial charge < -0.3 is 10.0 Å². The Morgan fingerprint density at radius 2 is 2.05 bits per heavy atom. The lowest BCUT2D eigenvalue weighted by Gasteiger charge is -2.51. The summed E-state index contributed by atoms with van der Waals surface area (Å²) in [5, 5.41) is 9.90. The van der Waals surface area contributed by atoms with Crippen molar-refractivity contribution >= 4 is 0 Å². The van der Waals surface area contributed by atoms with E-state index in [4.69, 9.17) is 0 Å². The van der Waals surface area contributed by atoms with E-state index in [0.29, 0.717) is 11.2 Å². The molecule has 4 rings (SSSR count). The van der Waals surface area contributed by atoms with E-state index < -0.39 is 0 Å². The highest BCUT2D eigenvalue weighted by molar-refractivity contribution is 5.35. The number of fused-ring (bicyclic) bond motifs is 1. The minimum Gasteiger partial charge on any atom is -0.508 e. The Morgan fingerprint density at radius 3 is 2.86 bits per heavy atom. The van der Waals surface area contributed by atoms with Gasteiger partial charge in [0.2, 0.25) is 0 Å². The lowest BCUT2D eigenvalue weighted by Crippen LogP contribution is -2.51. The highest BCUT2D eigenvalue weighted by Gasteiger charge is 2.45. The molecular weight excluding hydrogens is 258 g/mol. The summed E-state index contributed by atoms with van der Waals surface area (Å²) in [6.07, 6.45) is 9.64. The van der Waals surface area contributed by atoms with Gasteiger partial charge in [0.05, 0.1) is 0 Å². The number of nitrogens with zero attached hydrogens (tertiary/aromatic N) is 1. The summed E-state index contributed by atoms with van der Waals surface area (Å²) in [5.74, 6) is 2.23. The minimum absolute atomic E-state index is 0.344.